The van der Waals surface area contributed by atoms with E-state index in [1.54, 1.807) is 0 Å². The Morgan fingerprint density at radius 3 is 1.48 bits per heavy atom. The molecule has 0 amide bonds. The number of para-hydroxylation sites is 4. The van der Waals surface area contributed by atoms with Crippen LogP contribution in [-0.2, 0) is 0 Å². The summed E-state index contributed by atoms with van der Waals surface area (Å²) in [6.07, 6.45) is 0. The second-order valence-electron chi connectivity index (χ2n) is 19.3. The average Bonchev–Trinajstić information content (AvgIpc) is 4.19. The molecule has 0 fully saturated rings. The molecule has 12 aromatic carbocycles. The third-order valence-electron chi connectivity index (χ3n) is 15.2. The summed E-state index contributed by atoms with van der Waals surface area (Å²) in [4.78, 5) is 16.0. The van der Waals surface area contributed by atoms with Gasteiger partial charge in [-0.2, -0.15) is 0 Å². The maximum atomic E-state index is 6.71. The summed E-state index contributed by atoms with van der Waals surface area (Å²) >= 11 is 0. The van der Waals surface area contributed by atoms with Crippen molar-refractivity contribution in [3.63, 3.8) is 0 Å². The van der Waals surface area contributed by atoms with Gasteiger partial charge >= 0.3 is 0 Å². The number of fused-ring (bicyclic) bond motifs is 15. The maximum absolute atomic E-state index is 6.71. The van der Waals surface area contributed by atoms with Crippen molar-refractivity contribution in [1.29, 1.82) is 0 Å². The molecule has 4 heterocycles. The first kappa shape index (κ1) is 41.4. The number of aromatic nitrogens is 4. The lowest BCUT2D eigenvalue weighted by molar-refractivity contribution is 0.668. The van der Waals surface area contributed by atoms with Gasteiger partial charge in [0.05, 0.1) is 16.7 Å². The Hall–Kier alpha value is -10.2. The lowest BCUT2D eigenvalue weighted by atomic mass is 9.89. The highest BCUT2D eigenvalue weighted by Crippen LogP contribution is 2.47. The molecule has 0 aliphatic carbocycles. The fourth-order valence-corrected chi connectivity index (χ4v) is 12.0. The van der Waals surface area contributed by atoms with E-state index in [0.717, 1.165) is 99.5 Å². The number of nitrogens with zero attached hydrogens (tertiary/aromatic N) is 4. The quantitative estimate of drug-likeness (QED) is 0.155. The second-order valence-corrected chi connectivity index (χ2v) is 19.3. The molecule has 6 heteroatoms. The normalized spacial score (nSPS) is 12.0. The highest BCUT2D eigenvalue weighted by Gasteiger charge is 2.25. The third-order valence-corrected chi connectivity index (χ3v) is 15.2. The van der Waals surface area contributed by atoms with Crippen LogP contribution in [-0.4, -0.2) is 19.5 Å². The van der Waals surface area contributed by atoms with E-state index in [9.17, 15) is 0 Å². The number of hydrogen-bond donors (Lipinski definition) is 0. The minimum Gasteiger partial charge on any atom is -0.456 e. The SMILES string of the molecule is c1ccc(-c2nc(-c3cccc(-c4ccc5c6ccccc6c6ccccc6c5c4-n4c5ccccc5c5ccccc54)c3)nc(-c3cccc4oc5cccc(-c6cccc7c6oc6ccccc67)c5c34)n2)cc1. The van der Waals surface area contributed by atoms with Crippen LogP contribution in [0.15, 0.2) is 251 Å². The van der Waals surface area contributed by atoms with Gasteiger partial charge < -0.3 is 13.4 Å². The van der Waals surface area contributed by atoms with Gasteiger partial charge in [-0.1, -0.05) is 206 Å². The van der Waals surface area contributed by atoms with E-state index in [2.05, 4.69) is 199 Å². The Kier molecular flexibility index (Phi) is 8.94. The molecular formula is C69H40N4O2. The standard InChI is InChI=1S/C69H40N4O2/c1-2-18-41(19-3-1)67-70-68(72-69(71-67)56-32-17-37-61-64(56)63-52(29-16-36-60(63)74-61)55-31-15-30-54-50-27-10-13-35-59(50)75-66(54)55)43-21-14-20-42(40-43)44-38-39-53-47-24-5-4-22-45(47)46-23-6-7-28-51(46)62(53)65(44)73-57-33-11-8-25-48(57)49-26-9-12-34-58(49)73/h1-40H. The van der Waals surface area contributed by atoms with E-state index in [0.29, 0.717) is 17.5 Å². The molecule has 0 N–H and O–H groups in total. The van der Waals surface area contributed by atoms with Gasteiger partial charge in [0.25, 0.3) is 0 Å². The topological polar surface area (TPSA) is 69.9 Å². The zero-order valence-electron chi connectivity index (χ0n) is 40.2. The van der Waals surface area contributed by atoms with Crippen LogP contribution in [0.1, 0.15) is 0 Å². The molecule has 0 spiro atoms. The highest BCUT2D eigenvalue weighted by atomic mass is 16.3. The first-order chi connectivity index (χ1) is 37.2. The molecule has 4 aromatic heterocycles. The van der Waals surface area contributed by atoms with E-state index in [1.807, 2.05) is 48.5 Å². The molecule has 0 saturated carbocycles. The summed E-state index contributed by atoms with van der Waals surface area (Å²) in [6, 6.07) is 85.7. The number of hydrogen-bond acceptors (Lipinski definition) is 5. The van der Waals surface area contributed by atoms with Gasteiger partial charge in [0.15, 0.2) is 17.5 Å². The van der Waals surface area contributed by atoms with E-state index in [-0.39, 0.29) is 0 Å². The minimum atomic E-state index is 0.546. The largest absolute Gasteiger partial charge is 0.456 e. The van der Waals surface area contributed by atoms with Crippen molar-refractivity contribution in [3.8, 4) is 62.1 Å². The van der Waals surface area contributed by atoms with Crippen molar-refractivity contribution in [1.82, 2.24) is 19.5 Å². The predicted octanol–water partition coefficient (Wildman–Crippen LogP) is 18.6. The smallest absolute Gasteiger partial charge is 0.164 e. The fourth-order valence-electron chi connectivity index (χ4n) is 12.0. The van der Waals surface area contributed by atoms with E-state index >= 15 is 0 Å². The molecule has 0 aliphatic rings. The summed E-state index contributed by atoms with van der Waals surface area (Å²) in [7, 11) is 0. The molecule has 0 saturated heterocycles. The molecular weight excluding hydrogens is 917 g/mol. The van der Waals surface area contributed by atoms with Crippen LogP contribution in [0.3, 0.4) is 0 Å². The number of benzene rings is 12. The lowest BCUT2D eigenvalue weighted by Crippen LogP contribution is -2.02. The van der Waals surface area contributed by atoms with Crippen molar-refractivity contribution < 1.29 is 8.83 Å². The Labute approximate surface area is 429 Å². The first-order valence-corrected chi connectivity index (χ1v) is 25.3. The summed E-state index contributed by atoms with van der Waals surface area (Å²) in [5.41, 5.74) is 13.3. The number of furan rings is 2. The Morgan fingerprint density at radius 1 is 0.267 bits per heavy atom. The van der Waals surface area contributed by atoms with Crippen LogP contribution in [0.2, 0.25) is 0 Å². The summed E-state index contributed by atoms with van der Waals surface area (Å²) in [5.74, 6) is 1.69. The Morgan fingerprint density at radius 2 is 0.747 bits per heavy atom. The van der Waals surface area contributed by atoms with Gasteiger partial charge in [0.1, 0.15) is 22.3 Å². The molecule has 16 aromatic rings. The molecule has 0 unspecified atom stereocenters. The summed E-state index contributed by atoms with van der Waals surface area (Å²) in [5, 5.41) is 13.7. The number of rotatable bonds is 6. The third kappa shape index (κ3) is 6.24. The molecule has 348 valence electrons. The zero-order valence-corrected chi connectivity index (χ0v) is 40.2. The molecule has 0 radical (unpaired) electrons. The maximum Gasteiger partial charge on any atom is 0.164 e. The van der Waals surface area contributed by atoms with Crippen LogP contribution in [0.4, 0.5) is 0 Å². The average molecular weight is 957 g/mol. The van der Waals surface area contributed by atoms with Crippen molar-refractivity contribution in [2.45, 2.75) is 0 Å². The van der Waals surface area contributed by atoms with Crippen LogP contribution in [0.25, 0.3) is 160 Å². The van der Waals surface area contributed by atoms with Crippen LogP contribution in [0, 0.1) is 0 Å². The van der Waals surface area contributed by atoms with Crippen LogP contribution < -0.4 is 0 Å². The summed E-state index contributed by atoms with van der Waals surface area (Å²) < 4.78 is 15.8. The van der Waals surface area contributed by atoms with Gasteiger partial charge in [-0.3, -0.25) is 0 Å². The molecule has 0 bridgehead atoms. The van der Waals surface area contributed by atoms with E-state index in [4.69, 9.17) is 23.8 Å². The van der Waals surface area contributed by atoms with Gasteiger partial charge in [0, 0.05) is 65.5 Å². The molecule has 75 heavy (non-hydrogen) atoms. The molecule has 0 atom stereocenters. The lowest BCUT2D eigenvalue weighted by Gasteiger charge is -2.20. The van der Waals surface area contributed by atoms with Gasteiger partial charge in [-0.25, -0.2) is 15.0 Å². The highest BCUT2D eigenvalue weighted by molar-refractivity contribution is 6.29. The van der Waals surface area contributed by atoms with Crippen LogP contribution >= 0.6 is 0 Å². The van der Waals surface area contributed by atoms with Crippen LogP contribution in [0.5, 0.6) is 0 Å². The van der Waals surface area contributed by atoms with Gasteiger partial charge in [-0.15, -0.1) is 0 Å². The minimum absolute atomic E-state index is 0.546. The Balaban J connectivity index is 0.945. The second kappa shape index (κ2) is 16.2. The van der Waals surface area contributed by atoms with Gasteiger partial charge in [-0.05, 0) is 74.5 Å². The van der Waals surface area contributed by atoms with Gasteiger partial charge in [0.2, 0.25) is 0 Å². The Bertz CT molecular complexity index is 4940. The van der Waals surface area contributed by atoms with E-state index < -0.39 is 0 Å². The molecule has 6 nitrogen and oxygen atoms in total. The van der Waals surface area contributed by atoms with E-state index in [1.165, 1.54) is 43.1 Å². The summed E-state index contributed by atoms with van der Waals surface area (Å²) in [6.45, 7) is 0. The van der Waals surface area contributed by atoms with Crippen molar-refractivity contribution >= 4 is 98.0 Å². The first-order valence-electron chi connectivity index (χ1n) is 25.3. The predicted molar refractivity (Wildman–Crippen MR) is 308 cm³/mol. The molecule has 0 aliphatic heterocycles. The zero-order chi connectivity index (χ0) is 49.1. The monoisotopic (exact) mass is 956 g/mol. The van der Waals surface area contributed by atoms with Crippen molar-refractivity contribution in [2.75, 3.05) is 0 Å². The molecule has 16 rings (SSSR count). The van der Waals surface area contributed by atoms with Crippen molar-refractivity contribution in [3.05, 3.63) is 243 Å². The van der Waals surface area contributed by atoms with Crippen molar-refractivity contribution in [2.24, 2.45) is 0 Å². The fraction of sp³-hybridized carbons (Fsp3) is 0.